The summed E-state index contributed by atoms with van der Waals surface area (Å²) in [7, 11) is -1.27. The molecular formula is C22H40N4O6S. The molecule has 2 fully saturated rings. The van der Waals surface area contributed by atoms with Gasteiger partial charge in [0.2, 0.25) is 22.2 Å². The molecule has 33 heavy (non-hydrogen) atoms. The SMILES string of the molecule is CN(C1CCN(S(C)(=O)=O)CC1)C(C)(C)C(=O)NC1CC(C(C)(C)OC2CCCCO2)=NO1. The normalized spacial score (nSPS) is 26.2. The van der Waals surface area contributed by atoms with Crippen molar-refractivity contribution in [3.63, 3.8) is 0 Å². The quantitative estimate of drug-likeness (QED) is 0.553. The summed E-state index contributed by atoms with van der Waals surface area (Å²) in [6.45, 7) is 9.27. The van der Waals surface area contributed by atoms with Crippen LogP contribution in [0.2, 0.25) is 0 Å². The summed E-state index contributed by atoms with van der Waals surface area (Å²) in [4.78, 5) is 20.7. The van der Waals surface area contributed by atoms with Gasteiger partial charge in [0.05, 0.1) is 23.9 Å². The van der Waals surface area contributed by atoms with Gasteiger partial charge in [-0.3, -0.25) is 9.69 Å². The molecule has 0 aliphatic carbocycles. The Hall–Kier alpha value is -1.27. The molecule has 0 radical (unpaired) electrons. The van der Waals surface area contributed by atoms with Gasteiger partial charge >= 0.3 is 0 Å². The van der Waals surface area contributed by atoms with E-state index in [0.29, 0.717) is 39.0 Å². The van der Waals surface area contributed by atoms with E-state index in [2.05, 4.69) is 10.5 Å². The number of ether oxygens (including phenoxy) is 2. The van der Waals surface area contributed by atoms with Gasteiger partial charge in [-0.25, -0.2) is 12.7 Å². The molecule has 3 aliphatic heterocycles. The molecule has 0 bridgehead atoms. The molecule has 0 aromatic carbocycles. The first-order valence-corrected chi connectivity index (χ1v) is 13.7. The first kappa shape index (κ1) is 26.3. The fourth-order valence-corrected chi connectivity index (χ4v) is 5.39. The van der Waals surface area contributed by atoms with E-state index >= 15 is 0 Å². The first-order valence-electron chi connectivity index (χ1n) is 11.8. The molecule has 190 valence electrons. The minimum atomic E-state index is -3.18. The third-order valence-electron chi connectivity index (χ3n) is 7.10. The number of carbonyl (C=O) groups excluding carboxylic acids is 1. The molecule has 0 aromatic rings. The number of nitrogens with one attached hydrogen (secondary N) is 1. The van der Waals surface area contributed by atoms with Crippen LogP contribution in [0.25, 0.3) is 0 Å². The minimum Gasteiger partial charge on any atom is -0.370 e. The van der Waals surface area contributed by atoms with E-state index in [9.17, 15) is 13.2 Å². The van der Waals surface area contributed by atoms with Crippen LogP contribution in [-0.4, -0.2) is 91.9 Å². The van der Waals surface area contributed by atoms with Crippen molar-refractivity contribution in [3.05, 3.63) is 0 Å². The summed E-state index contributed by atoms with van der Waals surface area (Å²) in [6.07, 6.45) is 5.25. The monoisotopic (exact) mass is 488 g/mol. The van der Waals surface area contributed by atoms with Crippen LogP contribution in [0.15, 0.2) is 5.16 Å². The highest BCUT2D eigenvalue weighted by Crippen LogP contribution is 2.28. The molecule has 2 unspecified atom stereocenters. The lowest BCUT2D eigenvalue weighted by atomic mass is 9.95. The molecule has 2 saturated heterocycles. The Morgan fingerprint density at radius 1 is 1.18 bits per heavy atom. The molecule has 0 saturated carbocycles. The van der Waals surface area contributed by atoms with Gasteiger partial charge in [0.1, 0.15) is 5.60 Å². The fourth-order valence-electron chi connectivity index (χ4n) is 4.51. The first-order chi connectivity index (χ1) is 15.3. The number of hydrogen-bond acceptors (Lipinski definition) is 8. The van der Waals surface area contributed by atoms with E-state index in [-0.39, 0.29) is 18.2 Å². The smallest absolute Gasteiger partial charge is 0.242 e. The third-order valence-corrected chi connectivity index (χ3v) is 8.40. The van der Waals surface area contributed by atoms with Crippen molar-refractivity contribution in [2.45, 2.75) is 95.9 Å². The Labute approximate surface area is 198 Å². The molecule has 0 spiro atoms. The number of amides is 1. The van der Waals surface area contributed by atoms with Gasteiger partial charge in [0.25, 0.3) is 0 Å². The summed E-state index contributed by atoms with van der Waals surface area (Å²) in [5, 5.41) is 7.17. The Bertz CT molecular complexity index is 830. The lowest BCUT2D eigenvalue weighted by Gasteiger charge is -2.43. The van der Waals surface area contributed by atoms with E-state index in [1.807, 2.05) is 39.6 Å². The molecule has 10 nitrogen and oxygen atoms in total. The predicted molar refractivity (Wildman–Crippen MR) is 125 cm³/mol. The Morgan fingerprint density at radius 2 is 1.85 bits per heavy atom. The van der Waals surface area contributed by atoms with Crippen LogP contribution < -0.4 is 5.32 Å². The van der Waals surface area contributed by atoms with Gasteiger partial charge in [-0.05, 0) is 66.8 Å². The Morgan fingerprint density at radius 3 is 2.42 bits per heavy atom. The highest BCUT2D eigenvalue weighted by molar-refractivity contribution is 7.88. The fraction of sp³-hybridized carbons (Fsp3) is 0.909. The highest BCUT2D eigenvalue weighted by Gasteiger charge is 2.42. The summed E-state index contributed by atoms with van der Waals surface area (Å²) in [5.74, 6) is -0.161. The van der Waals surface area contributed by atoms with Crippen molar-refractivity contribution >= 4 is 21.6 Å². The van der Waals surface area contributed by atoms with E-state index in [4.69, 9.17) is 14.3 Å². The summed E-state index contributed by atoms with van der Waals surface area (Å²) in [6, 6.07) is 0.114. The van der Waals surface area contributed by atoms with Gasteiger partial charge in [0, 0.05) is 25.7 Å². The number of oxime groups is 1. The van der Waals surface area contributed by atoms with Crippen LogP contribution in [-0.2, 0) is 29.1 Å². The maximum Gasteiger partial charge on any atom is 0.242 e. The molecule has 1 amide bonds. The molecular weight excluding hydrogens is 448 g/mol. The minimum absolute atomic E-state index is 0.114. The van der Waals surface area contributed by atoms with Gasteiger partial charge in [-0.2, -0.15) is 0 Å². The van der Waals surface area contributed by atoms with E-state index < -0.39 is 27.4 Å². The molecule has 2 atom stereocenters. The van der Waals surface area contributed by atoms with Crippen LogP contribution in [0.4, 0.5) is 0 Å². The topological polar surface area (TPSA) is 110 Å². The van der Waals surface area contributed by atoms with Crippen molar-refractivity contribution in [1.82, 2.24) is 14.5 Å². The molecule has 0 aromatic heterocycles. The zero-order valence-electron chi connectivity index (χ0n) is 20.8. The van der Waals surface area contributed by atoms with E-state index in [1.165, 1.54) is 10.6 Å². The van der Waals surface area contributed by atoms with Crippen LogP contribution in [0.5, 0.6) is 0 Å². The van der Waals surface area contributed by atoms with Crippen molar-refractivity contribution in [3.8, 4) is 0 Å². The number of nitrogens with zero attached hydrogens (tertiary/aromatic N) is 3. The average Bonchev–Trinajstić information content (AvgIpc) is 3.22. The van der Waals surface area contributed by atoms with Gasteiger partial charge in [-0.1, -0.05) is 5.16 Å². The van der Waals surface area contributed by atoms with Crippen LogP contribution >= 0.6 is 0 Å². The second kappa shape index (κ2) is 10.2. The molecule has 3 rings (SSSR count). The Kier molecular flexibility index (Phi) is 8.10. The van der Waals surface area contributed by atoms with Crippen molar-refractivity contribution in [2.24, 2.45) is 5.16 Å². The van der Waals surface area contributed by atoms with Gasteiger partial charge in [-0.15, -0.1) is 0 Å². The van der Waals surface area contributed by atoms with Crippen LogP contribution in [0.1, 0.15) is 66.2 Å². The molecule has 3 heterocycles. The summed E-state index contributed by atoms with van der Waals surface area (Å²) < 4.78 is 36.9. The number of sulfonamides is 1. The van der Waals surface area contributed by atoms with E-state index in [1.54, 1.807) is 0 Å². The molecule has 3 aliphatic rings. The average molecular weight is 489 g/mol. The zero-order chi connectivity index (χ0) is 24.4. The van der Waals surface area contributed by atoms with Crippen LogP contribution in [0.3, 0.4) is 0 Å². The molecule has 1 N–H and O–H groups in total. The second-order valence-corrected chi connectivity index (χ2v) is 12.3. The van der Waals surface area contributed by atoms with Gasteiger partial charge in [0.15, 0.2) is 6.29 Å². The Balaban J connectivity index is 1.51. The van der Waals surface area contributed by atoms with E-state index in [0.717, 1.165) is 25.0 Å². The zero-order valence-corrected chi connectivity index (χ0v) is 21.6. The second-order valence-electron chi connectivity index (χ2n) is 10.3. The van der Waals surface area contributed by atoms with Crippen molar-refractivity contribution in [2.75, 3.05) is 33.0 Å². The largest absolute Gasteiger partial charge is 0.370 e. The number of hydrogen-bond donors (Lipinski definition) is 1. The highest BCUT2D eigenvalue weighted by atomic mass is 32.2. The summed E-state index contributed by atoms with van der Waals surface area (Å²) in [5.41, 5.74) is -0.714. The predicted octanol–water partition coefficient (Wildman–Crippen LogP) is 1.66. The number of carbonyl (C=O) groups is 1. The maximum absolute atomic E-state index is 13.2. The number of likely N-dealkylation sites (N-methyl/N-ethyl adjacent to an activating group) is 1. The summed E-state index contributed by atoms with van der Waals surface area (Å²) >= 11 is 0. The standard InChI is InChI=1S/C22H40N4O6S/c1-21(2,25(5)16-10-12-26(13-11-16)33(6,28)29)20(27)23-18-15-17(24-32-18)22(3,4)31-19-9-7-8-14-30-19/h16,18-19H,7-15H2,1-6H3,(H,23,27). The lowest BCUT2D eigenvalue weighted by molar-refractivity contribution is -0.196. The maximum atomic E-state index is 13.2. The molecule has 11 heteroatoms. The number of rotatable bonds is 8. The van der Waals surface area contributed by atoms with Crippen LogP contribution in [0, 0.1) is 0 Å². The van der Waals surface area contributed by atoms with Crippen molar-refractivity contribution < 1.29 is 27.5 Å². The number of piperidine rings is 1. The van der Waals surface area contributed by atoms with Crippen molar-refractivity contribution in [1.29, 1.82) is 0 Å². The van der Waals surface area contributed by atoms with Gasteiger partial charge < -0.3 is 19.6 Å². The third kappa shape index (κ3) is 6.45. The lowest BCUT2D eigenvalue weighted by Crippen LogP contribution is -2.60.